The van der Waals surface area contributed by atoms with Crippen molar-refractivity contribution in [3.63, 3.8) is 0 Å². The summed E-state index contributed by atoms with van der Waals surface area (Å²) in [5.41, 5.74) is 0.534. The van der Waals surface area contributed by atoms with Crippen LogP contribution in [0.4, 0.5) is 0 Å². The highest BCUT2D eigenvalue weighted by molar-refractivity contribution is 5.93. The van der Waals surface area contributed by atoms with Gasteiger partial charge in [0.15, 0.2) is 5.76 Å². The average molecular weight is 312 g/mol. The fourth-order valence-corrected chi connectivity index (χ4v) is 2.17. The first-order valence-corrected chi connectivity index (χ1v) is 7.33. The molecule has 3 aromatic rings. The zero-order valence-corrected chi connectivity index (χ0v) is 12.7. The Balaban J connectivity index is 1.76. The maximum Gasteiger partial charge on any atom is 0.283 e. The first-order chi connectivity index (χ1) is 11.3. The molecule has 7 heteroatoms. The van der Waals surface area contributed by atoms with Gasteiger partial charge in [-0.1, -0.05) is 6.92 Å². The van der Waals surface area contributed by atoms with Gasteiger partial charge in [0.05, 0.1) is 18.4 Å². The van der Waals surface area contributed by atoms with E-state index in [2.05, 4.69) is 15.2 Å². The summed E-state index contributed by atoms with van der Waals surface area (Å²) < 4.78 is 10.8. The van der Waals surface area contributed by atoms with Crippen LogP contribution in [0.1, 0.15) is 29.6 Å². The smallest absolute Gasteiger partial charge is 0.283 e. The Kier molecular flexibility index (Phi) is 4.46. The number of hydrogen-bond donors (Lipinski definition) is 0. The van der Waals surface area contributed by atoms with E-state index in [0.29, 0.717) is 29.6 Å². The van der Waals surface area contributed by atoms with Gasteiger partial charge in [0.25, 0.3) is 11.8 Å². The third kappa shape index (κ3) is 3.45. The first kappa shape index (κ1) is 15.0. The second kappa shape index (κ2) is 6.87. The van der Waals surface area contributed by atoms with E-state index in [0.717, 1.165) is 6.42 Å². The summed E-state index contributed by atoms with van der Waals surface area (Å²) in [5, 5.41) is 7.93. The van der Waals surface area contributed by atoms with Gasteiger partial charge in [0.2, 0.25) is 5.89 Å². The summed E-state index contributed by atoms with van der Waals surface area (Å²) in [5.74, 6) is 1.06. The van der Waals surface area contributed by atoms with Crippen LogP contribution in [0.2, 0.25) is 0 Å². The number of carbonyl (C=O) groups excluding carboxylic acids is 1. The second-order valence-corrected chi connectivity index (χ2v) is 4.95. The third-order valence-electron chi connectivity index (χ3n) is 3.21. The molecule has 3 heterocycles. The van der Waals surface area contributed by atoms with Crippen LogP contribution in [-0.2, 0) is 6.54 Å². The van der Waals surface area contributed by atoms with Crippen molar-refractivity contribution in [3.05, 3.63) is 54.4 Å². The molecule has 0 fully saturated rings. The lowest BCUT2D eigenvalue weighted by Gasteiger charge is -2.20. The van der Waals surface area contributed by atoms with Crippen LogP contribution >= 0.6 is 0 Å². The van der Waals surface area contributed by atoms with Crippen LogP contribution in [0.3, 0.4) is 0 Å². The van der Waals surface area contributed by atoms with E-state index in [1.165, 1.54) is 6.26 Å². The van der Waals surface area contributed by atoms with Crippen molar-refractivity contribution < 1.29 is 13.6 Å². The Morgan fingerprint density at radius 1 is 1.26 bits per heavy atom. The zero-order chi connectivity index (χ0) is 16.1. The Labute approximate surface area is 133 Å². The summed E-state index contributed by atoms with van der Waals surface area (Å²) in [4.78, 5) is 18.2. The van der Waals surface area contributed by atoms with E-state index in [1.807, 2.05) is 6.92 Å². The molecule has 1 amide bonds. The number of aromatic nitrogens is 3. The van der Waals surface area contributed by atoms with Gasteiger partial charge < -0.3 is 13.7 Å². The molecule has 0 aliphatic heterocycles. The summed E-state index contributed by atoms with van der Waals surface area (Å²) in [6.07, 6.45) is 5.54. The maximum atomic E-state index is 12.6. The van der Waals surface area contributed by atoms with Gasteiger partial charge in [0.1, 0.15) is 0 Å². The predicted octanol–water partition coefficient (Wildman–Crippen LogP) is 2.78. The third-order valence-corrected chi connectivity index (χ3v) is 3.21. The van der Waals surface area contributed by atoms with Gasteiger partial charge in [-0.15, -0.1) is 10.2 Å². The molecule has 0 spiro atoms. The highest BCUT2D eigenvalue weighted by Crippen LogP contribution is 2.19. The Hall–Kier alpha value is -2.96. The van der Waals surface area contributed by atoms with Crippen LogP contribution in [0.15, 0.2) is 51.8 Å². The van der Waals surface area contributed by atoms with Crippen molar-refractivity contribution in [2.75, 3.05) is 6.54 Å². The molecule has 0 aromatic carbocycles. The van der Waals surface area contributed by atoms with E-state index in [9.17, 15) is 4.79 Å². The molecule has 3 aromatic heterocycles. The van der Waals surface area contributed by atoms with Crippen LogP contribution in [-0.4, -0.2) is 32.5 Å². The topological polar surface area (TPSA) is 85.3 Å². The molecule has 0 aliphatic rings. The minimum atomic E-state index is -0.113. The maximum absolute atomic E-state index is 12.6. The van der Waals surface area contributed by atoms with Crippen LogP contribution < -0.4 is 0 Å². The quantitative estimate of drug-likeness (QED) is 0.695. The molecule has 0 unspecified atom stereocenters. The Bertz CT molecular complexity index is 753. The van der Waals surface area contributed by atoms with Gasteiger partial charge in [-0.25, -0.2) is 0 Å². The number of pyridine rings is 1. The number of carbonyl (C=O) groups is 1. The molecule has 0 atom stereocenters. The zero-order valence-electron chi connectivity index (χ0n) is 12.7. The summed E-state index contributed by atoms with van der Waals surface area (Å²) >= 11 is 0. The summed E-state index contributed by atoms with van der Waals surface area (Å²) in [7, 11) is 0. The first-order valence-electron chi connectivity index (χ1n) is 7.33. The van der Waals surface area contributed by atoms with Gasteiger partial charge in [-0.05, 0) is 30.7 Å². The summed E-state index contributed by atoms with van der Waals surface area (Å²) in [6, 6.07) is 6.95. The lowest BCUT2D eigenvalue weighted by atomic mass is 10.2. The number of nitrogens with zero attached hydrogens (tertiary/aromatic N) is 4. The van der Waals surface area contributed by atoms with Crippen molar-refractivity contribution in [1.82, 2.24) is 20.1 Å². The van der Waals surface area contributed by atoms with Crippen molar-refractivity contribution in [1.29, 1.82) is 0 Å². The highest BCUT2D eigenvalue weighted by atomic mass is 16.4. The van der Waals surface area contributed by atoms with Crippen molar-refractivity contribution in [3.8, 4) is 11.7 Å². The van der Waals surface area contributed by atoms with Gasteiger partial charge in [0, 0.05) is 18.9 Å². The van der Waals surface area contributed by atoms with Crippen molar-refractivity contribution in [2.24, 2.45) is 0 Å². The molecule has 0 N–H and O–H groups in total. The van der Waals surface area contributed by atoms with Crippen molar-refractivity contribution >= 4 is 5.91 Å². The monoisotopic (exact) mass is 312 g/mol. The molecule has 0 radical (unpaired) electrons. The molecule has 7 nitrogen and oxygen atoms in total. The largest absolute Gasteiger partial charge is 0.459 e. The minimum absolute atomic E-state index is 0.113. The number of hydrogen-bond acceptors (Lipinski definition) is 6. The van der Waals surface area contributed by atoms with Gasteiger partial charge in [-0.2, -0.15) is 0 Å². The Morgan fingerprint density at radius 2 is 2.17 bits per heavy atom. The number of furan rings is 1. The average Bonchev–Trinajstić information content (AvgIpc) is 3.26. The minimum Gasteiger partial charge on any atom is -0.459 e. The lowest BCUT2D eigenvalue weighted by molar-refractivity contribution is 0.0728. The fraction of sp³-hybridized carbons (Fsp3) is 0.250. The molecular formula is C16H16N4O3. The summed E-state index contributed by atoms with van der Waals surface area (Å²) in [6.45, 7) is 2.84. The standard InChI is InChI=1S/C16H16N4O3/c1-2-8-20(16(21)12-5-3-7-17-10-12)11-14-18-19-15(23-14)13-6-4-9-22-13/h3-7,9-10H,2,8,11H2,1H3. The van der Waals surface area contributed by atoms with E-state index >= 15 is 0 Å². The number of rotatable bonds is 6. The molecule has 23 heavy (non-hydrogen) atoms. The Morgan fingerprint density at radius 3 is 2.87 bits per heavy atom. The second-order valence-electron chi connectivity index (χ2n) is 4.95. The lowest BCUT2D eigenvalue weighted by Crippen LogP contribution is -2.31. The van der Waals surface area contributed by atoms with Gasteiger partial charge in [-0.3, -0.25) is 9.78 Å². The van der Waals surface area contributed by atoms with Crippen LogP contribution in [0, 0.1) is 0 Å². The van der Waals surface area contributed by atoms with Crippen LogP contribution in [0.5, 0.6) is 0 Å². The molecule has 0 saturated heterocycles. The molecule has 118 valence electrons. The predicted molar refractivity (Wildman–Crippen MR) is 81.3 cm³/mol. The molecule has 0 saturated carbocycles. The van der Waals surface area contributed by atoms with Crippen LogP contribution in [0.25, 0.3) is 11.7 Å². The van der Waals surface area contributed by atoms with Gasteiger partial charge >= 0.3 is 0 Å². The van der Waals surface area contributed by atoms with E-state index in [1.54, 1.807) is 41.6 Å². The molecule has 3 rings (SSSR count). The van der Waals surface area contributed by atoms with E-state index in [-0.39, 0.29) is 12.5 Å². The molecule has 0 aliphatic carbocycles. The number of amides is 1. The molecular weight excluding hydrogens is 296 g/mol. The normalized spacial score (nSPS) is 10.7. The van der Waals surface area contributed by atoms with E-state index in [4.69, 9.17) is 8.83 Å². The van der Waals surface area contributed by atoms with Crippen molar-refractivity contribution in [2.45, 2.75) is 19.9 Å². The SMILES string of the molecule is CCCN(Cc1nnc(-c2ccco2)o1)C(=O)c1cccnc1. The molecule has 0 bridgehead atoms. The highest BCUT2D eigenvalue weighted by Gasteiger charge is 2.19. The van der Waals surface area contributed by atoms with E-state index < -0.39 is 0 Å². The fourth-order valence-electron chi connectivity index (χ4n) is 2.17.